The second kappa shape index (κ2) is 46.6. The van der Waals surface area contributed by atoms with Gasteiger partial charge in [0, 0.05) is 188 Å². The number of rotatable bonds is 34. The van der Waals surface area contributed by atoms with Crippen LogP contribution in [0.1, 0.15) is 68.2 Å². The van der Waals surface area contributed by atoms with Gasteiger partial charge >= 0.3 is 0 Å². The number of aliphatic hydroxyl groups is 4. The SMILES string of the molecule is CN(C)CCN(C)S(=O)(=O)c1ccccc1OCC(=O)NC[C@@H](O)CN1CCc2ccccc2C1.CN1CCN(c2cccc(OCC(=O)NC[C@@H](O)CN3CCc4ccccc4C3)c2)CC1.O=C(CCc1nc2ccccc2[nH]1)NC[C@@H](O)CN1CCc2ccccc2C1.O=C(CCc1nc2ccccc2s1)NC[C@@H](O)CN1CCc2ccccc2C1. The van der Waals surface area contributed by atoms with Crippen LogP contribution in [0.15, 0.2) is 199 Å². The number of fused-ring (bicyclic) bond motifs is 6. The summed E-state index contributed by atoms with van der Waals surface area (Å²) in [6.45, 7) is 14.6. The Bertz CT molecular complexity index is 4940. The van der Waals surface area contributed by atoms with E-state index in [-0.39, 0.29) is 67.8 Å². The Hall–Kier alpha value is -10.1. The number of amides is 4. The molecular weight excluding hydrogens is 1600 g/mol. The van der Waals surface area contributed by atoms with Crippen molar-refractivity contribution in [2.45, 2.75) is 107 Å². The third-order valence-corrected chi connectivity index (χ3v) is 25.6. The smallest absolute Gasteiger partial charge is 0.258 e. The maximum atomic E-state index is 13.0. The molecule has 4 atom stereocenters. The number of hydrogen-bond donors (Lipinski definition) is 9. The molecule has 0 unspecified atom stereocenters. The van der Waals surface area contributed by atoms with Gasteiger partial charge in [-0.3, -0.25) is 38.8 Å². The third-order valence-electron chi connectivity index (χ3n) is 22.6. The number of thiazole rings is 1. The van der Waals surface area contributed by atoms with Gasteiger partial charge in [-0.05, 0) is 140 Å². The van der Waals surface area contributed by atoms with Gasteiger partial charge in [0.1, 0.15) is 22.2 Å². The highest BCUT2D eigenvalue weighted by Gasteiger charge is 2.28. The minimum atomic E-state index is -3.77. The van der Waals surface area contributed by atoms with Gasteiger partial charge in [-0.1, -0.05) is 140 Å². The lowest BCUT2D eigenvalue weighted by molar-refractivity contribution is -0.124. The van der Waals surface area contributed by atoms with Crippen LogP contribution in [-0.2, 0) is 93.9 Å². The van der Waals surface area contributed by atoms with E-state index in [1.807, 2.05) is 97.9 Å². The lowest BCUT2D eigenvalue weighted by Crippen LogP contribution is -2.44. The molecule has 0 saturated carbocycles. The van der Waals surface area contributed by atoms with Crippen molar-refractivity contribution >= 4 is 71.9 Å². The number of piperazine rings is 1. The number of ether oxygens (including phenoxy) is 2. The summed E-state index contributed by atoms with van der Waals surface area (Å²) in [6.07, 6.45) is 3.43. The van der Waals surface area contributed by atoms with Crippen LogP contribution in [0.5, 0.6) is 11.5 Å². The number of H-pyrrole nitrogens is 1. The Morgan fingerprint density at radius 2 is 0.886 bits per heavy atom. The Morgan fingerprint density at radius 1 is 0.463 bits per heavy atom. The molecule has 8 aromatic carbocycles. The largest absolute Gasteiger partial charge is 0.484 e. The Balaban J connectivity index is 0.000000150. The number of carbonyl (C=O) groups is 4. The number of β-amino-alcohol motifs (C(OH)–C–C–N with tert-alkyl or cyclic N) is 4. The van der Waals surface area contributed by atoms with Crippen LogP contribution < -0.4 is 35.6 Å². The molecule has 123 heavy (non-hydrogen) atoms. The van der Waals surface area contributed by atoms with E-state index in [1.165, 1.54) is 68.0 Å². The number of carbonyl (C=O) groups excluding carboxylic acids is 4. The zero-order valence-corrected chi connectivity index (χ0v) is 72.9. The van der Waals surface area contributed by atoms with Crippen molar-refractivity contribution in [2.24, 2.45) is 0 Å². The van der Waals surface area contributed by atoms with Gasteiger partial charge in [0.05, 0.1) is 50.7 Å². The van der Waals surface area contributed by atoms with Crippen LogP contribution in [0, 0.1) is 0 Å². The summed E-state index contributed by atoms with van der Waals surface area (Å²) in [7, 11) is 3.63. The van der Waals surface area contributed by atoms with E-state index in [2.05, 4.69) is 164 Å². The Morgan fingerprint density at radius 3 is 1.37 bits per heavy atom. The molecule has 0 spiro atoms. The molecule has 27 nitrogen and oxygen atoms in total. The van der Waals surface area contributed by atoms with Crippen molar-refractivity contribution in [3.05, 3.63) is 249 Å². The maximum absolute atomic E-state index is 13.0. The molecule has 29 heteroatoms. The number of benzene rings is 8. The second-order valence-corrected chi connectivity index (χ2v) is 35.7. The van der Waals surface area contributed by atoms with Crippen LogP contribution in [0.25, 0.3) is 21.3 Å². The summed E-state index contributed by atoms with van der Waals surface area (Å²) in [4.78, 5) is 76.5. The number of hydrogen-bond acceptors (Lipinski definition) is 22. The molecule has 1 fully saturated rings. The van der Waals surface area contributed by atoms with Crippen molar-refractivity contribution in [3.8, 4) is 11.5 Å². The van der Waals surface area contributed by atoms with Crippen molar-refractivity contribution in [3.63, 3.8) is 0 Å². The summed E-state index contributed by atoms with van der Waals surface area (Å²) < 4.78 is 39.6. The zero-order valence-electron chi connectivity index (χ0n) is 71.3. The highest BCUT2D eigenvalue weighted by atomic mass is 32.2. The van der Waals surface area contributed by atoms with E-state index in [1.54, 1.807) is 23.5 Å². The van der Waals surface area contributed by atoms with Crippen molar-refractivity contribution in [2.75, 3.05) is 164 Å². The van der Waals surface area contributed by atoms with Crippen LogP contribution in [0.2, 0.25) is 0 Å². The number of nitrogens with one attached hydrogen (secondary N) is 5. The number of anilines is 1. The quantitative estimate of drug-likeness (QED) is 0.0197. The van der Waals surface area contributed by atoms with E-state index >= 15 is 0 Å². The first kappa shape index (κ1) is 92.1. The van der Waals surface area contributed by atoms with Gasteiger partial charge in [-0.2, -0.15) is 4.31 Å². The summed E-state index contributed by atoms with van der Waals surface area (Å²) >= 11 is 1.63. The molecule has 15 rings (SSSR count). The fourth-order valence-electron chi connectivity index (χ4n) is 15.6. The number of likely N-dealkylation sites (N-methyl/N-ethyl adjacent to an activating group) is 3. The van der Waals surface area contributed by atoms with E-state index in [9.17, 15) is 48.0 Å². The molecule has 10 aromatic rings. The summed E-state index contributed by atoms with van der Waals surface area (Å²) in [5.41, 5.74) is 14.8. The van der Waals surface area contributed by atoms with E-state index in [4.69, 9.17) is 9.47 Å². The molecule has 0 radical (unpaired) electrons. The molecule has 5 aliphatic heterocycles. The molecule has 4 amide bonds. The fourth-order valence-corrected chi connectivity index (χ4v) is 17.9. The van der Waals surface area contributed by atoms with Crippen molar-refractivity contribution in [1.82, 2.24) is 69.9 Å². The summed E-state index contributed by atoms with van der Waals surface area (Å²) in [6, 6.07) is 63.7. The van der Waals surface area contributed by atoms with Crippen molar-refractivity contribution in [1.29, 1.82) is 0 Å². The highest BCUT2D eigenvalue weighted by Crippen LogP contribution is 2.29. The van der Waals surface area contributed by atoms with E-state index in [0.29, 0.717) is 70.7 Å². The number of para-hydroxylation sites is 4. The Labute approximate surface area is 727 Å². The standard InChI is InChI=1S/C25H36N4O5S.C25H34N4O3.C22H26N4O2.C22H25N3O2S/c1-27(2)14-15-28(3)35(32,33)24-11-7-6-10-23(24)34-19-25(31)26-16-22(30)18-29-13-12-20-8-4-5-9-21(20)17-29;1-27-11-13-29(14-12-27)22-7-4-8-24(15-22)32-19-25(31)26-16-23(30)18-28-10-9-20-5-2-3-6-21(20)17-28;27-18(15-26-12-11-16-5-1-2-6-17(16)14-26)13-23-22(28)10-9-21-24-19-7-3-4-8-20(19)25-21;26-18(15-25-12-11-16-5-1-2-6-17(16)14-25)13-23-21(27)9-10-22-24-19-7-3-4-8-20(19)28-22/h4-11,22,30H,12-19H2,1-3H3,(H,26,31);2-8,15,23,30H,9-14,16-19H2,1H3,(H,26,31);1-8,18,27H,9-15H2,(H,23,28)(H,24,25);1-8,18,26H,9-15H2,(H,23,27)/t22-;23-;2*18-/m1111/s1. The first-order chi connectivity index (χ1) is 59.6. The van der Waals surface area contributed by atoms with Gasteiger partial charge in [0.25, 0.3) is 11.8 Å². The van der Waals surface area contributed by atoms with Gasteiger partial charge in [0.2, 0.25) is 21.8 Å². The molecule has 656 valence electrons. The lowest BCUT2D eigenvalue weighted by atomic mass is 10.00. The van der Waals surface area contributed by atoms with E-state index < -0.39 is 40.3 Å². The summed E-state index contributed by atoms with van der Waals surface area (Å²) in [5, 5.41) is 53.5. The minimum Gasteiger partial charge on any atom is -0.484 e. The van der Waals surface area contributed by atoms with Crippen LogP contribution >= 0.6 is 11.3 Å². The van der Waals surface area contributed by atoms with Crippen LogP contribution in [-0.4, -0.2) is 285 Å². The normalized spacial score (nSPS) is 16.0. The number of aliphatic hydroxyl groups excluding tert-OH is 4. The number of sulfonamides is 1. The predicted octanol–water partition coefficient (Wildman–Crippen LogP) is 6.93. The van der Waals surface area contributed by atoms with Gasteiger partial charge in [-0.15, -0.1) is 11.3 Å². The topological polar surface area (TPSA) is 317 Å². The number of imidazole rings is 1. The number of nitrogens with zero attached hydrogens (tertiary/aromatic N) is 10. The first-order valence-corrected chi connectivity index (χ1v) is 45.1. The predicted molar refractivity (Wildman–Crippen MR) is 482 cm³/mol. The molecule has 2 aromatic heterocycles. The molecule has 5 aliphatic rings. The lowest BCUT2D eigenvalue weighted by Gasteiger charge is -2.34. The Kier molecular flexibility index (Phi) is 34.9. The van der Waals surface area contributed by atoms with E-state index in [0.717, 1.165) is 142 Å². The van der Waals surface area contributed by atoms with Crippen molar-refractivity contribution < 1.29 is 57.5 Å². The number of aryl methyl sites for hydroxylation is 2. The molecule has 1 saturated heterocycles. The average Bonchev–Trinajstić information content (AvgIpc) is 1.81. The molecule has 7 heterocycles. The first-order valence-electron chi connectivity index (χ1n) is 42.8. The van der Waals surface area contributed by atoms with Gasteiger partial charge in [-0.25, -0.2) is 18.4 Å². The molecule has 0 bridgehead atoms. The third kappa shape index (κ3) is 29.0. The van der Waals surface area contributed by atoms with Gasteiger partial charge < -0.3 is 70.9 Å². The number of aromatic amines is 1. The average molecular weight is 1720 g/mol. The molecular formula is C94H121N15O12S2. The zero-order chi connectivity index (χ0) is 86.5. The van der Waals surface area contributed by atoms with Gasteiger partial charge in [0.15, 0.2) is 13.2 Å². The summed E-state index contributed by atoms with van der Waals surface area (Å²) in [5.74, 6) is 0.852. The molecule has 0 aliphatic carbocycles. The van der Waals surface area contributed by atoms with Crippen LogP contribution in [0.3, 0.4) is 0 Å². The molecule has 9 N–H and O–H groups in total. The fraction of sp³-hybridized carbons (Fsp3) is 0.426. The second-order valence-electron chi connectivity index (χ2n) is 32.6. The monoisotopic (exact) mass is 1720 g/mol. The maximum Gasteiger partial charge on any atom is 0.258 e. The minimum absolute atomic E-state index is 0.0134. The highest BCUT2D eigenvalue weighted by molar-refractivity contribution is 7.89. The number of aromatic nitrogens is 3. The van der Waals surface area contributed by atoms with Crippen LogP contribution in [0.4, 0.5) is 5.69 Å².